The molecule has 122 valence electrons. The Morgan fingerprint density at radius 2 is 2.00 bits per heavy atom. The lowest BCUT2D eigenvalue weighted by Crippen LogP contribution is -2.16. The number of nitriles is 1. The van der Waals surface area contributed by atoms with Crippen molar-refractivity contribution in [1.29, 1.82) is 5.26 Å². The van der Waals surface area contributed by atoms with Crippen LogP contribution < -0.4 is 10.2 Å². The van der Waals surface area contributed by atoms with Gasteiger partial charge < -0.3 is 4.74 Å². The molecular weight excluding hydrogens is 349 g/mol. The van der Waals surface area contributed by atoms with E-state index in [1.807, 2.05) is 6.07 Å². The Morgan fingerprint density at radius 3 is 2.67 bits per heavy atom. The molecule has 2 aromatic rings. The Balaban J connectivity index is 1.89. The van der Waals surface area contributed by atoms with Crippen LogP contribution in [0.15, 0.2) is 47.6 Å². The molecule has 0 radical (unpaired) electrons. The van der Waals surface area contributed by atoms with Gasteiger partial charge in [-0.3, -0.25) is 4.79 Å². The molecule has 0 heterocycles. The van der Waals surface area contributed by atoms with Gasteiger partial charge in [-0.25, -0.2) is 5.43 Å². The summed E-state index contributed by atoms with van der Waals surface area (Å²) in [5.41, 5.74) is 3.88. The average Bonchev–Trinajstić information content (AvgIpc) is 2.55. The third-order valence-electron chi connectivity index (χ3n) is 2.93. The topological polar surface area (TPSA) is 74.5 Å². The minimum Gasteiger partial charge on any atom is -0.489 e. The van der Waals surface area contributed by atoms with Crippen LogP contribution in [0.1, 0.15) is 17.5 Å². The third-order valence-corrected chi connectivity index (χ3v) is 3.52. The molecule has 7 heteroatoms. The highest BCUT2D eigenvalue weighted by Gasteiger charge is 2.02. The Hall–Kier alpha value is -2.55. The fourth-order valence-corrected chi connectivity index (χ4v) is 2.20. The molecule has 2 rings (SSSR count). The highest BCUT2D eigenvalue weighted by atomic mass is 35.5. The smallest absolute Gasteiger partial charge is 0.254 e. The Morgan fingerprint density at radius 1 is 1.25 bits per heavy atom. The van der Waals surface area contributed by atoms with E-state index in [-0.39, 0.29) is 6.42 Å². The van der Waals surface area contributed by atoms with E-state index in [0.717, 1.165) is 11.1 Å². The molecule has 0 bridgehead atoms. The number of nitrogens with one attached hydrogen (secondary N) is 1. The van der Waals surface area contributed by atoms with Gasteiger partial charge in [0.15, 0.2) is 0 Å². The zero-order valence-electron chi connectivity index (χ0n) is 12.5. The summed E-state index contributed by atoms with van der Waals surface area (Å²) in [6.45, 7) is 0.327. The summed E-state index contributed by atoms with van der Waals surface area (Å²) in [6, 6.07) is 14.1. The fourth-order valence-electron chi connectivity index (χ4n) is 1.74. The lowest BCUT2D eigenvalue weighted by molar-refractivity contribution is -0.120. The second-order valence-corrected chi connectivity index (χ2v) is 5.57. The number of halogens is 2. The first-order chi connectivity index (χ1) is 11.6. The van der Waals surface area contributed by atoms with E-state index in [2.05, 4.69) is 10.5 Å². The van der Waals surface area contributed by atoms with Gasteiger partial charge in [-0.1, -0.05) is 29.3 Å². The van der Waals surface area contributed by atoms with Crippen molar-refractivity contribution >= 4 is 35.3 Å². The van der Waals surface area contributed by atoms with Gasteiger partial charge in [-0.05, 0) is 42.0 Å². The average molecular weight is 362 g/mol. The van der Waals surface area contributed by atoms with Crippen molar-refractivity contribution in [2.75, 3.05) is 0 Å². The number of carbonyl (C=O) groups is 1. The van der Waals surface area contributed by atoms with E-state index >= 15 is 0 Å². The summed E-state index contributed by atoms with van der Waals surface area (Å²) >= 11 is 11.9. The molecule has 0 aliphatic rings. The number of carbonyl (C=O) groups excluding carboxylic acids is 1. The van der Waals surface area contributed by atoms with Crippen molar-refractivity contribution in [3.63, 3.8) is 0 Å². The number of hydrogen-bond donors (Lipinski definition) is 1. The largest absolute Gasteiger partial charge is 0.489 e. The molecule has 0 spiro atoms. The molecule has 0 atom stereocenters. The van der Waals surface area contributed by atoms with E-state index in [9.17, 15) is 4.79 Å². The summed E-state index contributed by atoms with van der Waals surface area (Å²) in [6.07, 6.45) is 1.26. The molecule has 2 aromatic carbocycles. The summed E-state index contributed by atoms with van der Waals surface area (Å²) in [5, 5.41) is 13.2. The molecule has 1 N–H and O–H groups in total. The van der Waals surface area contributed by atoms with Crippen LogP contribution in [-0.2, 0) is 11.4 Å². The van der Waals surface area contributed by atoms with Crippen LogP contribution in [0.4, 0.5) is 0 Å². The number of hydrogen-bond acceptors (Lipinski definition) is 4. The Kier molecular flexibility index (Phi) is 6.62. The second-order valence-electron chi connectivity index (χ2n) is 4.72. The molecule has 0 saturated heterocycles. The van der Waals surface area contributed by atoms with E-state index in [0.29, 0.717) is 22.4 Å². The van der Waals surface area contributed by atoms with Crippen LogP contribution >= 0.6 is 23.2 Å². The quantitative estimate of drug-likeness (QED) is 0.625. The van der Waals surface area contributed by atoms with Gasteiger partial charge in [0, 0.05) is 15.6 Å². The number of benzene rings is 2. The van der Waals surface area contributed by atoms with Gasteiger partial charge in [0.25, 0.3) is 5.91 Å². The van der Waals surface area contributed by atoms with Gasteiger partial charge in [-0.15, -0.1) is 0 Å². The van der Waals surface area contributed by atoms with Crippen LogP contribution in [0.3, 0.4) is 0 Å². The van der Waals surface area contributed by atoms with E-state index in [1.165, 1.54) is 6.21 Å². The Bertz CT molecular complexity index is 783. The van der Waals surface area contributed by atoms with Gasteiger partial charge in [0.2, 0.25) is 0 Å². The highest BCUT2D eigenvalue weighted by Crippen LogP contribution is 2.22. The number of nitrogens with zero attached hydrogens (tertiary/aromatic N) is 2. The summed E-state index contributed by atoms with van der Waals surface area (Å²) in [7, 11) is 0. The van der Waals surface area contributed by atoms with Gasteiger partial charge in [-0.2, -0.15) is 10.4 Å². The minimum atomic E-state index is -0.450. The molecule has 5 nitrogen and oxygen atoms in total. The fraction of sp³-hybridized carbons (Fsp3) is 0.118. The van der Waals surface area contributed by atoms with Crippen molar-refractivity contribution in [3.8, 4) is 11.8 Å². The molecule has 0 aromatic heterocycles. The standard InChI is InChI=1S/C17H13Cl2N3O2/c18-14-4-3-13(16(19)9-14)11-24-15-5-1-12(2-6-15)10-21-22-17(23)7-8-20/h1-6,9-10H,7,11H2,(H,22,23)/b21-10-. The first kappa shape index (κ1) is 17.8. The number of hydrazone groups is 1. The molecule has 0 fully saturated rings. The maximum absolute atomic E-state index is 11.1. The molecule has 24 heavy (non-hydrogen) atoms. The molecular formula is C17H13Cl2N3O2. The van der Waals surface area contributed by atoms with Crippen molar-refractivity contribution in [2.24, 2.45) is 5.10 Å². The molecule has 0 aliphatic heterocycles. The van der Waals surface area contributed by atoms with Crippen molar-refractivity contribution in [3.05, 3.63) is 63.6 Å². The van der Waals surface area contributed by atoms with Crippen LogP contribution in [-0.4, -0.2) is 12.1 Å². The van der Waals surface area contributed by atoms with Crippen LogP contribution in [0, 0.1) is 11.3 Å². The predicted octanol–water partition coefficient (Wildman–Crippen LogP) is 3.94. The van der Waals surface area contributed by atoms with Crippen molar-refractivity contribution in [1.82, 2.24) is 5.43 Å². The maximum Gasteiger partial charge on any atom is 0.254 e. The lowest BCUT2D eigenvalue weighted by Gasteiger charge is -2.08. The van der Waals surface area contributed by atoms with Crippen LogP contribution in [0.5, 0.6) is 5.75 Å². The monoisotopic (exact) mass is 361 g/mol. The summed E-state index contributed by atoms with van der Waals surface area (Å²) in [4.78, 5) is 11.1. The van der Waals surface area contributed by atoms with Gasteiger partial charge in [0.05, 0.1) is 12.3 Å². The maximum atomic E-state index is 11.1. The number of amides is 1. The number of ether oxygens (including phenoxy) is 1. The first-order valence-corrected chi connectivity index (χ1v) is 7.69. The van der Waals surface area contributed by atoms with Gasteiger partial charge in [0.1, 0.15) is 18.8 Å². The summed E-state index contributed by atoms with van der Waals surface area (Å²) < 4.78 is 5.66. The van der Waals surface area contributed by atoms with E-state index in [1.54, 1.807) is 42.5 Å². The van der Waals surface area contributed by atoms with Crippen LogP contribution in [0.2, 0.25) is 10.0 Å². The van der Waals surface area contributed by atoms with E-state index in [4.69, 9.17) is 33.2 Å². The zero-order chi connectivity index (χ0) is 17.4. The van der Waals surface area contributed by atoms with Crippen molar-refractivity contribution in [2.45, 2.75) is 13.0 Å². The lowest BCUT2D eigenvalue weighted by atomic mass is 10.2. The first-order valence-electron chi connectivity index (χ1n) is 6.94. The number of rotatable bonds is 6. The molecule has 0 aliphatic carbocycles. The predicted molar refractivity (Wildman–Crippen MR) is 93.2 cm³/mol. The molecule has 0 unspecified atom stereocenters. The molecule has 0 saturated carbocycles. The van der Waals surface area contributed by atoms with E-state index < -0.39 is 5.91 Å². The summed E-state index contributed by atoms with van der Waals surface area (Å²) in [5.74, 6) is 0.222. The normalized spacial score (nSPS) is 10.4. The Labute approximate surface area is 149 Å². The second kappa shape index (κ2) is 8.92. The SMILES string of the molecule is N#CCC(=O)N/N=C\c1ccc(OCc2ccc(Cl)cc2Cl)cc1. The van der Waals surface area contributed by atoms with Gasteiger partial charge >= 0.3 is 0 Å². The molecule has 1 amide bonds. The van der Waals surface area contributed by atoms with Crippen molar-refractivity contribution < 1.29 is 9.53 Å². The highest BCUT2D eigenvalue weighted by molar-refractivity contribution is 6.35. The van der Waals surface area contributed by atoms with Crippen LogP contribution in [0.25, 0.3) is 0 Å². The minimum absolute atomic E-state index is 0.225. The zero-order valence-corrected chi connectivity index (χ0v) is 14.0. The third kappa shape index (κ3) is 5.58.